The van der Waals surface area contributed by atoms with Gasteiger partial charge in [-0.25, -0.2) is 4.68 Å². The number of halogens is 1. The Morgan fingerprint density at radius 1 is 1.12 bits per heavy atom. The van der Waals surface area contributed by atoms with E-state index >= 15 is 0 Å². The number of nitrogens with zero attached hydrogens (tertiary/aromatic N) is 2. The van der Waals surface area contributed by atoms with Crippen molar-refractivity contribution < 1.29 is 9.59 Å². The van der Waals surface area contributed by atoms with Gasteiger partial charge in [0.25, 0.3) is 0 Å². The van der Waals surface area contributed by atoms with E-state index in [-0.39, 0.29) is 37.3 Å². The molecule has 0 aliphatic carbocycles. The number of carbonyl (C=O) groups is 2. The summed E-state index contributed by atoms with van der Waals surface area (Å²) in [5.41, 5.74) is 8.94. The average Bonchev–Trinajstić information content (AvgIpc) is 2.85. The molecule has 8 heteroatoms. The van der Waals surface area contributed by atoms with E-state index in [1.54, 1.807) is 0 Å². The molecule has 2 aromatic rings. The highest BCUT2D eigenvalue weighted by Gasteiger charge is 2.13. The number of benzene rings is 1. The number of hydrogen-bond acceptors (Lipinski definition) is 4. The zero-order valence-corrected chi connectivity index (χ0v) is 14.5. The fourth-order valence-electron chi connectivity index (χ4n) is 2.25. The molecule has 1 heterocycles. The Hall–Kier alpha value is -2.38. The molecule has 0 aliphatic heterocycles. The summed E-state index contributed by atoms with van der Waals surface area (Å²) >= 11 is 0. The molecule has 7 nitrogen and oxygen atoms in total. The van der Waals surface area contributed by atoms with Crippen molar-refractivity contribution in [3.63, 3.8) is 0 Å². The molecule has 24 heavy (non-hydrogen) atoms. The summed E-state index contributed by atoms with van der Waals surface area (Å²) < 4.78 is 1.85. The van der Waals surface area contributed by atoms with Crippen molar-refractivity contribution >= 4 is 24.2 Å². The van der Waals surface area contributed by atoms with Crippen LogP contribution in [0.25, 0.3) is 5.69 Å². The van der Waals surface area contributed by atoms with Crippen LogP contribution in [0.2, 0.25) is 0 Å². The van der Waals surface area contributed by atoms with E-state index in [4.69, 9.17) is 5.73 Å². The third kappa shape index (κ3) is 4.81. The fourth-order valence-corrected chi connectivity index (χ4v) is 2.25. The Balaban J connectivity index is 0.00000288. The molecular weight excluding hydrogens is 330 g/mol. The van der Waals surface area contributed by atoms with Crippen LogP contribution in [0, 0.1) is 13.8 Å². The van der Waals surface area contributed by atoms with Gasteiger partial charge >= 0.3 is 0 Å². The van der Waals surface area contributed by atoms with Gasteiger partial charge in [-0.15, -0.1) is 12.4 Å². The summed E-state index contributed by atoms with van der Waals surface area (Å²) in [6.45, 7) is 4.02. The first-order valence-electron chi connectivity index (χ1n) is 7.37. The lowest BCUT2D eigenvalue weighted by molar-refractivity contribution is -0.125. The van der Waals surface area contributed by atoms with Crippen LogP contribution < -0.4 is 16.4 Å². The van der Waals surface area contributed by atoms with E-state index in [1.807, 2.05) is 48.9 Å². The first-order valence-corrected chi connectivity index (χ1v) is 7.37. The Kier molecular flexibility index (Phi) is 7.41. The van der Waals surface area contributed by atoms with Crippen LogP contribution in [-0.2, 0) is 16.1 Å². The largest absolute Gasteiger partial charge is 0.350 e. The summed E-state index contributed by atoms with van der Waals surface area (Å²) in [5.74, 6) is -0.623. The molecule has 130 valence electrons. The van der Waals surface area contributed by atoms with Gasteiger partial charge in [-0.3, -0.25) is 9.59 Å². The highest BCUT2D eigenvalue weighted by atomic mass is 35.5. The lowest BCUT2D eigenvalue weighted by Gasteiger charge is -2.08. The van der Waals surface area contributed by atoms with Gasteiger partial charge in [0.1, 0.15) is 0 Å². The molecule has 1 aromatic heterocycles. The summed E-state index contributed by atoms with van der Waals surface area (Å²) in [6, 6.07) is 9.81. The maximum atomic E-state index is 11.7. The topological polar surface area (TPSA) is 102 Å². The number of para-hydroxylation sites is 1. The van der Waals surface area contributed by atoms with Crippen LogP contribution in [0.5, 0.6) is 0 Å². The zero-order valence-electron chi connectivity index (χ0n) is 13.7. The Labute approximate surface area is 147 Å². The summed E-state index contributed by atoms with van der Waals surface area (Å²) in [5, 5.41) is 9.73. The maximum Gasteiger partial charge on any atom is 0.239 e. The van der Waals surface area contributed by atoms with Crippen LogP contribution >= 0.6 is 12.4 Å². The van der Waals surface area contributed by atoms with Gasteiger partial charge in [0, 0.05) is 17.8 Å². The first kappa shape index (κ1) is 19.7. The van der Waals surface area contributed by atoms with Gasteiger partial charge in [-0.1, -0.05) is 18.2 Å². The van der Waals surface area contributed by atoms with Gasteiger partial charge in [0.15, 0.2) is 0 Å². The molecule has 0 bridgehead atoms. The molecule has 0 aliphatic rings. The molecule has 0 unspecified atom stereocenters. The van der Waals surface area contributed by atoms with E-state index in [0.717, 1.165) is 22.6 Å². The summed E-state index contributed by atoms with van der Waals surface area (Å²) in [4.78, 5) is 22.8. The number of carbonyl (C=O) groups excluding carboxylic acids is 2. The molecule has 1 aromatic carbocycles. The van der Waals surface area contributed by atoms with Crippen molar-refractivity contribution in [3.05, 3.63) is 47.3 Å². The predicted molar refractivity (Wildman–Crippen MR) is 94.2 cm³/mol. The number of aryl methyl sites for hydroxylation is 1. The monoisotopic (exact) mass is 351 g/mol. The highest BCUT2D eigenvalue weighted by Crippen LogP contribution is 2.17. The van der Waals surface area contributed by atoms with Crippen LogP contribution in [0.15, 0.2) is 30.3 Å². The number of amides is 2. The van der Waals surface area contributed by atoms with Crippen LogP contribution in [-0.4, -0.2) is 34.7 Å². The molecule has 0 saturated heterocycles. The SMILES string of the molecule is Cc1nn(-c2ccccc2)c(C)c1CNC(=O)CNC(=O)CN.Cl. The second-order valence-electron chi connectivity index (χ2n) is 5.15. The van der Waals surface area contributed by atoms with Crippen molar-refractivity contribution in [3.8, 4) is 5.69 Å². The minimum Gasteiger partial charge on any atom is -0.350 e. The lowest BCUT2D eigenvalue weighted by atomic mass is 10.2. The molecular formula is C16H22ClN5O2. The molecule has 0 spiro atoms. The van der Waals surface area contributed by atoms with Crippen LogP contribution in [0.4, 0.5) is 0 Å². The predicted octanol–water partition coefficient (Wildman–Crippen LogP) is 0.602. The summed E-state index contributed by atoms with van der Waals surface area (Å²) in [6.07, 6.45) is 0. The molecule has 2 rings (SSSR count). The van der Waals surface area contributed by atoms with Gasteiger partial charge in [-0.05, 0) is 26.0 Å². The summed E-state index contributed by atoms with van der Waals surface area (Å²) in [7, 11) is 0. The zero-order chi connectivity index (χ0) is 16.8. The minimum atomic E-state index is -0.357. The smallest absolute Gasteiger partial charge is 0.239 e. The number of rotatable bonds is 6. The molecule has 0 fully saturated rings. The molecule has 4 N–H and O–H groups in total. The van der Waals surface area contributed by atoms with E-state index in [2.05, 4.69) is 15.7 Å². The number of nitrogens with one attached hydrogen (secondary N) is 2. The standard InChI is InChI=1S/C16H21N5O2.ClH/c1-11-14(9-18-16(23)10-19-15(22)8-17)12(2)21(20-11)13-6-4-3-5-7-13;/h3-7H,8-10,17H2,1-2H3,(H,18,23)(H,19,22);1H. The van der Waals surface area contributed by atoms with Crippen molar-refractivity contribution in [1.82, 2.24) is 20.4 Å². The normalized spacial score (nSPS) is 9.96. The number of hydrogen-bond donors (Lipinski definition) is 3. The average molecular weight is 352 g/mol. The van der Waals surface area contributed by atoms with E-state index in [0.29, 0.717) is 6.54 Å². The van der Waals surface area contributed by atoms with Gasteiger partial charge in [-0.2, -0.15) is 5.10 Å². The molecule has 0 saturated carbocycles. The Morgan fingerprint density at radius 3 is 2.42 bits per heavy atom. The fraction of sp³-hybridized carbons (Fsp3) is 0.312. The Bertz CT molecular complexity index is 700. The highest BCUT2D eigenvalue weighted by molar-refractivity contribution is 5.85. The lowest BCUT2D eigenvalue weighted by Crippen LogP contribution is -2.39. The second kappa shape index (κ2) is 9.05. The van der Waals surface area contributed by atoms with Gasteiger partial charge in [0.2, 0.25) is 11.8 Å². The van der Waals surface area contributed by atoms with Gasteiger partial charge in [0.05, 0.1) is 24.5 Å². The number of nitrogens with two attached hydrogens (primary N) is 1. The van der Waals surface area contributed by atoms with Crippen molar-refractivity contribution in [1.29, 1.82) is 0 Å². The van der Waals surface area contributed by atoms with E-state index in [1.165, 1.54) is 0 Å². The first-order chi connectivity index (χ1) is 11.0. The van der Waals surface area contributed by atoms with E-state index in [9.17, 15) is 9.59 Å². The second-order valence-corrected chi connectivity index (χ2v) is 5.15. The number of aromatic nitrogens is 2. The van der Waals surface area contributed by atoms with Crippen LogP contribution in [0.3, 0.4) is 0 Å². The minimum absolute atomic E-state index is 0. The quantitative estimate of drug-likeness (QED) is 0.709. The third-order valence-electron chi connectivity index (χ3n) is 3.54. The van der Waals surface area contributed by atoms with Crippen LogP contribution in [0.1, 0.15) is 17.0 Å². The van der Waals surface area contributed by atoms with Gasteiger partial charge < -0.3 is 16.4 Å². The van der Waals surface area contributed by atoms with Crippen molar-refractivity contribution in [2.45, 2.75) is 20.4 Å². The maximum absolute atomic E-state index is 11.7. The van der Waals surface area contributed by atoms with E-state index < -0.39 is 0 Å². The molecule has 0 radical (unpaired) electrons. The molecule has 0 atom stereocenters. The van der Waals surface area contributed by atoms with Crippen molar-refractivity contribution in [2.75, 3.05) is 13.1 Å². The molecule has 2 amide bonds. The van der Waals surface area contributed by atoms with Crippen molar-refractivity contribution in [2.24, 2.45) is 5.73 Å². The Morgan fingerprint density at radius 2 is 1.79 bits per heavy atom. The third-order valence-corrected chi connectivity index (χ3v) is 3.54.